The van der Waals surface area contributed by atoms with Crippen molar-refractivity contribution in [3.8, 4) is 0 Å². The lowest BCUT2D eigenvalue weighted by Gasteiger charge is -2.19. The Balaban J connectivity index is 2.36. The SMILES string of the molecule is CN(CCN)c1nc2c(c(=O)n(C)c(=O)n2C)n1Cc1c(F)cccc1Cl. The number of benzene rings is 1. The molecule has 1 aromatic carbocycles. The Morgan fingerprint density at radius 2 is 1.96 bits per heavy atom. The lowest BCUT2D eigenvalue weighted by atomic mass is 10.2. The minimum absolute atomic E-state index is 0.0142. The van der Waals surface area contributed by atoms with Crippen LogP contribution in [0.4, 0.5) is 10.3 Å². The summed E-state index contributed by atoms with van der Waals surface area (Å²) < 4.78 is 18.2. The van der Waals surface area contributed by atoms with Gasteiger partial charge in [-0.25, -0.2) is 9.18 Å². The Hall–Kier alpha value is -2.65. The number of imidazole rings is 1. The van der Waals surface area contributed by atoms with Crippen molar-refractivity contribution in [3.63, 3.8) is 0 Å². The first kappa shape index (κ1) is 19.1. The minimum Gasteiger partial charge on any atom is -0.344 e. The van der Waals surface area contributed by atoms with E-state index in [1.807, 2.05) is 0 Å². The van der Waals surface area contributed by atoms with Crippen molar-refractivity contribution in [1.29, 1.82) is 0 Å². The maximum atomic E-state index is 14.4. The maximum absolute atomic E-state index is 14.4. The van der Waals surface area contributed by atoms with E-state index in [4.69, 9.17) is 17.3 Å². The number of aryl methyl sites for hydroxylation is 1. The molecule has 0 saturated heterocycles. The van der Waals surface area contributed by atoms with Gasteiger partial charge in [-0.1, -0.05) is 17.7 Å². The summed E-state index contributed by atoms with van der Waals surface area (Å²) in [5, 5.41) is 0.242. The van der Waals surface area contributed by atoms with Crippen LogP contribution in [0.15, 0.2) is 27.8 Å². The van der Waals surface area contributed by atoms with Crippen molar-refractivity contribution in [1.82, 2.24) is 18.7 Å². The fourth-order valence-corrected chi connectivity index (χ4v) is 3.23. The molecule has 0 radical (unpaired) electrons. The van der Waals surface area contributed by atoms with Gasteiger partial charge in [0.25, 0.3) is 5.56 Å². The van der Waals surface area contributed by atoms with E-state index in [0.29, 0.717) is 19.0 Å². The van der Waals surface area contributed by atoms with Crippen molar-refractivity contribution in [2.75, 3.05) is 25.0 Å². The highest BCUT2D eigenvalue weighted by atomic mass is 35.5. The standard InChI is InChI=1S/C17H20ClFN6O2/c1-22(8-7-20)16-21-14-13(15(26)24(3)17(27)23(14)2)25(16)9-10-11(18)5-4-6-12(10)19/h4-6H,7-9,20H2,1-3H3. The third-order valence-electron chi connectivity index (χ3n) is 4.51. The fraction of sp³-hybridized carbons (Fsp3) is 0.353. The fourth-order valence-electron chi connectivity index (χ4n) is 3.01. The summed E-state index contributed by atoms with van der Waals surface area (Å²) in [7, 11) is 4.68. The van der Waals surface area contributed by atoms with Gasteiger partial charge < -0.3 is 10.6 Å². The van der Waals surface area contributed by atoms with Gasteiger partial charge in [-0.2, -0.15) is 4.98 Å². The highest BCUT2D eigenvalue weighted by Crippen LogP contribution is 2.25. The molecule has 2 aromatic heterocycles. The monoisotopic (exact) mass is 394 g/mol. The zero-order chi connectivity index (χ0) is 19.9. The van der Waals surface area contributed by atoms with Crippen LogP contribution < -0.4 is 21.9 Å². The number of aromatic nitrogens is 4. The Labute approximate surface area is 159 Å². The summed E-state index contributed by atoms with van der Waals surface area (Å²) in [5.41, 5.74) is 5.28. The molecular formula is C17H20ClFN6O2. The summed E-state index contributed by atoms with van der Waals surface area (Å²) in [6.45, 7) is 0.805. The number of anilines is 1. The molecule has 10 heteroatoms. The molecule has 0 bridgehead atoms. The first-order valence-electron chi connectivity index (χ1n) is 8.28. The van der Waals surface area contributed by atoms with Crippen LogP contribution in [0.3, 0.4) is 0 Å². The van der Waals surface area contributed by atoms with E-state index < -0.39 is 17.1 Å². The molecule has 0 spiro atoms. The van der Waals surface area contributed by atoms with Gasteiger partial charge >= 0.3 is 5.69 Å². The molecule has 0 fully saturated rings. The van der Waals surface area contributed by atoms with Gasteiger partial charge in [0.1, 0.15) is 5.82 Å². The van der Waals surface area contributed by atoms with Crippen LogP contribution in [0.1, 0.15) is 5.56 Å². The molecule has 0 amide bonds. The van der Waals surface area contributed by atoms with Crippen molar-refractivity contribution >= 4 is 28.7 Å². The first-order chi connectivity index (χ1) is 12.8. The predicted molar refractivity (Wildman–Crippen MR) is 103 cm³/mol. The quantitative estimate of drug-likeness (QED) is 0.686. The first-order valence-corrected chi connectivity index (χ1v) is 8.66. The minimum atomic E-state index is -0.513. The smallest absolute Gasteiger partial charge is 0.332 e. The molecule has 144 valence electrons. The third kappa shape index (κ3) is 3.13. The van der Waals surface area contributed by atoms with Gasteiger partial charge in [-0.15, -0.1) is 0 Å². The summed E-state index contributed by atoms with van der Waals surface area (Å²) >= 11 is 6.17. The Morgan fingerprint density at radius 1 is 1.26 bits per heavy atom. The van der Waals surface area contributed by atoms with E-state index in [1.165, 1.54) is 30.8 Å². The zero-order valence-corrected chi connectivity index (χ0v) is 16.0. The van der Waals surface area contributed by atoms with Crippen LogP contribution in [0.5, 0.6) is 0 Å². The molecule has 0 aliphatic rings. The molecule has 0 saturated carbocycles. The molecule has 0 atom stereocenters. The molecule has 2 heterocycles. The highest BCUT2D eigenvalue weighted by Gasteiger charge is 2.22. The number of hydrogen-bond donors (Lipinski definition) is 1. The van der Waals surface area contributed by atoms with Crippen LogP contribution in [0.2, 0.25) is 5.02 Å². The molecule has 3 aromatic rings. The van der Waals surface area contributed by atoms with Gasteiger partial charge in [0.05, 0.1) is 6.54 Å². The number of nitrogens with two attached hydrogens (primary N) is 1. The van der Waals surface area contributed by atoms with Gasteiger partial charge in [-0.05, 0) is 12.1 Å². The second-order valence-electron chi connectivity index (χ2n) is 6.29. The average Bonchev–Trinajstić information content (AvgIpc) is 3.01. The van der Waals surface area contributed by atoms with E-state index >= 15 is 0 Å². The lowest BCUT2D eigenvalue weighted by molar-refractivity contribution is 0.600. The zero-order valence-electron chi connectivity index (χ0n) is 15.2. The van der Waals surface area contributed by atoms with E-state index in [0.717, 1.165) is 4.57 Å². The number of fused-ring (bicyclic) bond motifs is 1. The van der Waals surface area contributed by atoms with Crippen molar-refractivity contribution in [3.05, 3.63) is 55.4 Å². The Kier molecular flexibility index (Phi) is 5.07. The van der Waals surface area contributed by atoms with Crippen molar-refractivity contribution < 1.29 is 4.39 Å². The molecule has 2 N–H and O–H groups in total. The van der Waals surface area contributed by atoms with Gasteiger partial charge in [-0.3, -0.25) is 18.5 Å². The summed E-state index contributed by atoms with van der Waals surface area (Å²) in [5.74, 6) is -0.0912. The lowest BCUT2D eigenvalue weighted by Crippen LogP contribution is -2.37. The van der Waals surface area contributed by atoms with Crippen LogP contribution in [-0.2, 0) is 20.6 Å². The highest BCUT2D eigenvalue weighted by molar-refractivity contribution is 6.31. The van der Waals surface area contributed by atoms with E-state index in [-0.39, 0.29) is 28.3 Å². The molecule has 27 heavy (non-hydrogen) atoms. The Bertz CT molecular complexity index is 1110. The second kappa shape index (κ2) is 7.16. The van der Waals surface area contributed by atoms with Gasteiger partial charge in [0, 0.05) is 44.8 Å². The van der Waals surface area contributed by atoms with E-state index in [9.17, 15) is 14.0 Å². The summed E-state index contributed by atoms with van der Waals surface area (Å²) in [6, 6.07) is 4.39. The normalized spacial score (nSPS) is 11.3. The molecule has 0 unspecified atom stereocenters. The van der Waals surface area contributed by atoms with Gasteiger partial charge in [0.15, 0.2) is 11.2 Å². The average molecular weight is 395 g/mol. The molecule has 0 aliphatic heterocycles. The largest absolute Gasteiger partial charge is 0.344 e. The second-order valence-corrected chi connectivity index (χ2v) is 6.69. The van der Waals surface area contributed by atoms with Crippen LogP contribution in [0.25, 0.3) is 11.2 Å². The summed E-state index contributed by atoms with van der Waals surface area (Å²) in [6.07, 6.45) is 0. The Morgan fingerprint density at radius 3 is 2.59 bits per heavy atom. The summed E-state index contributed by atoms with van der Waals surface area (Å²) in [4.78, 5) is 31.3. The van der Waals surface area contributed by atoms with Crippen LogP contribution in [0, 0.1) is 5.82 Å². The molecular weight excluding hydrogens is 375 g/mol. The number of halogens is 2. The van der Waals surface area contributed by atoms with Crippen molar-refractivity contribution in [2.24, 2.45) is 19.8 Å². The number of likely N-dealkylation sites (N-methyl/N-ethyl adjacent to an activating group) is 1. The van der Waals surface area contributed by atoms with E-state index in [1.54, 1.807) is 22.6 Å². The molecule has 0 aliphatic carbocycles. The topological polar surface area (TPSA) is 91.1 Å². The van der Waals surface area contributed by atoms with Crippen LogP contribution in [-0.4, -0.2) is 38.8 Å². The van der Waals surface area contributed by atoms with Crippen molar-refractivity contribution in [2.45, 2.75) is 6.54 Å². The van der Waals surface area contributed by atoms with Gasteiger partial charge in [0.2, 0.25) is 5.95 Å². The number of hydrogen-bond acceptors (Lipinski definition) is 5. The van der Waals surface area contributed by atoms with E-state index in [2.05, 4.69) is 4.98 Å². The molecule has 8 nitrogen and oxygen atoms in total. The number of rotatable bonds is 5. The third-order valence-corrected chi connectivity index (χ3v) is 4.87. The van der Waals surface area contributed by atoms with Crippen LogP contribution >= 0.6 is 11.6 Å². The maximum Gasteiger partial charge on any atom is 0.332 e. The molecule has 3 rings (SSSR count). The predicted octanol–water partition coefficient (Wildman–Crippen LogP) is 0.669. The number of nitrogens with zero attached hydrogens (tertiary/aromatic N) is 5.